The third-order valence-corrected chi connectivity index (χ3v) is 5.22. The van der Waals surface area contributed by atoms with E-state index in [1.54, 1.807) is 0 Å². The first-order valence-corrected chi connectivity index (χ1v) is 10.7. The van der Waals surface area contributed by atoms with Gasteiger partial charge in [-0.3, -0.25) is 14.9 Å². The predicted molar refractivity (Wildman–Crippen MR) is 120 cm³/mol. The van der Waals surface area contributed by atoms with Crippen molar-refractivity contribution in [3.63, 3.8) is 0 Å². The van der Waals surface area contributed by atoms with Gasteiger partial charge in [-0.2, -0.15) is 40.2 Å². The second-order valence-corrected chi connectivity index (χ2v) is 8.21. The fourth-order valence-electron chi connectivity index (χ4n) is 3.47. The van der Waals surface area contributed by atoms with Crippen molar-refractivity contribution < 1.29 is 49.6 Å². The molecule has 0 saturated heterocycles. The Balaban J connectivity index is 1.68. The minimum absolute atomic E-state index is 0.144. The summed E-state index contributed by atoms with van der Waals surface area (Å²) >= 11 is 0. The van der Waals surface area contributed by atoms with Crippen molar-refractivity contribution in [2.45, 2.75) is 25.2 Å². The van der Waals surface area contributed by atoms with Crippen molar-refractivity contribution in [3.05, 3.63) is 87.4 Å². The molecule has 1 N–H and O–H groups in total. The number of anilines is 1. The average Bonchev–Trinajstić information content (AvgIpc) is 3.26. The molecule has 9 nitrogen and oxygen atoms in total. The van der Waals surface area contributed by atoms with Gasteiger partial charge < -0.3 is 10.1 Å². The lowest BCUT2D eigenvalue weighted by Crippen LogP contribution is -2.36. The molecule has 0 saturated carbocycles. The summed E-state index contributed by atoms with van der Waals surface area (Å²) in [4.78, 5) is 27.0. The Labute approximate surface area is 217 Å². The monoisotopic (exact) mass is 575 g/mol. The molecule has 2 heterocycles. The number of alkyl halides is 8. The van der Waals surface area contributed by atoms with Crippen molar-refractivity contribution in [2.24, 2.45) is 0 Å². The van der Waals surface area contributed by atoms with Crippen molar-refractivity contribution in [2.75, 3.05) is 5.32 Å². The summed E-state index contributed by atoms with van der Waals surface area (Å²) in [6, 6.07) is 7.57. The number of carbonyl (C=O) groups is 1. The zero-order chi connectivity index (χ0) is 29.6. The van der Waals surface area contributed by atoms with Gasteiger partial charge in [-0.1, -0.05) is 6.07 Å². The number of non-ortho nitro benzene ring substituents is 1. The maximum absolute atomic E-state index is 14.1. The van der Waals surface area contributed by atoms with Crippen LogP contribution >= 0.6 is 0 Å². The number of ether oxygens (including phenoxy) is 1. The van der Waals surface area contributed by atoms with E-state index in [0.717, 1.165) is 49.4 Å². The second kappa shape index (κ2) is 9.73. The number of halogens is 8. The summed E-state index contributed by atoms with van der Waals surface area (Å²) in [5.41, 5.74) is -5.07. The van der Waals surface area contributed by atoms with E-state index in [-0.39, 0.29) is 27.4 Å². The number of hydrogen-bond donors (Lipinski definition) is 1. The number of fused-ring (bicyclic) bond motifs is 1. The molecule has 0 unspecified atom stereocenters. The molecule has 0 radical (unpaired) electrons. The highest BCUT2D eigenvalue weighted by Crippen LogP contribution is 2.44. The van der Waals surface area contributed by atoms with Crippen LogP contribution in [0.1, 0.15) is 27.4 Å². The van der Waals surface area contributed by atoms with Crippen LogP contribution in [0.3, 0.4) is 0 Å². The Morgan fingerprint density at radius 1 is 0.975 bits per heavy atom. The molecule has 0 atom stereocenters. The fourth-order valence-corrected chi connectivity index (χ4v) is 3.47. The lowest BCUT2D eigenvalue weighted by molar-refractivity contribution is -0.384. The fraction of sp³-hybridized carbons (Fsp3) is 0.174. The lowest BCUT2D eigenvalue weighted by atomic mass is 10.2. The Morgan fingerprint density at radius 3 is 2.30 bits per heavy atom. The molecular formula is C23H13F8N5O4. The zero-order valence-electron chi connectivity index (χ0n) is 19.6. The SMILES string of the molecule is Cc1cc(C(F)(F)C(F)(F)F)n2nc(C(=O)Nc3cc(Oc4cccc(C(F)(F)F)c4)cc([N+](=O)[O-])c3)cc2n1. The van der Waals surface area contributed by atoms with E-state index in [1.807, 2.05) is 0 Å². The van der Waals surface area contributed by atoms with Crippen LogP contribution in [0, 0.1) is 17.0 Å². The number of aromatic nitrogens is 3. The van der Waals surface area contributed by atoms with Gasteiger partial charge in [0.15, 0.2) is 11.3 Å². The summed E-state index contributed by atoms with van der Waals surface area (Å²) < 4.78 is 112. The Hall–Kier alpha value is -4.83. The van der Waals surface area contributed by atoms with Gasteiger partial charge in [-0.15, -0.1) is 0 Å². The van der Waals surface area contributed by atoms with Crippen LogP contribution in [0.15, 0.2) is 54.6 Å². The number of hydrogen-bond acceptors (Lipinski definition) is 6. The molecule has 2 aromatic carbocycles. The minimum atomic E-state index is -5.99. The van der Waals surface area contributed by atoms with Gasteiger partial charge in [0, 0.05) is 23.9 Å². The molecule has 2 aromatic heterocycles. The van der Waals surface area contributed by atoms with Crippen LogP contribution in [0.4, 0.5) is 46.5 Å². The van der Waals surface area contributed by atoms with Crippen LogP contribution in [-0.2, 0) is 12.1 Å². The lowest BCUT2D eigenvalue weighted by Gasteiger charge is -2.20. The molecule has 40 heavy (non-hydrogen) atoms. The molecule has 1 amide bonds. The molecule has 4 aromatic rings. The second-order valence-electron chi connectivity index (χ2n) is 8.21. The van der Waals surface area contributed by atoms with Crippen molar-refractivity contribution in [3.8, 4) is 11.5 Å². The molecule has 0 fully saturated rings. The van der Waals surface area contributed by atoms with E-state index < -0.39 is 57.4 Å². The van der Waals surface area contributed by atoms with Crippen LogP contribution in [0.25, 0.3) is 5.65 Å². The van der Waals surface area contributed by atoms with Crippen molar-refractivity contribution >= 4 is 22.9 Å². The number of nitrogens with one attached hydrogen (secondary N) is 1. The normalized spacial score (nSPS) is 12.4. The maximum atomic E-state index is 14.1. The van der Waals surface area contributed by atoms with Crippen LogP contribution < -0.4 is 10.1 Å². The van der Waals surface area contributed by atoms with Gasteiger partial charge in [0.2, 0.25) is 0 Å². The number of aryl methyl sites for hydroxylation is 1. The average molecular weight is 575 g/mol. The highest BCUT2D eigenvalue weighted by atomic mass is 19.4. The standard InChI is InChI=1S/C23H13F8N5O4/c1-11-5-18(21(24,25)23(29,30)31)35-19(32-11)10-17(34-35)20(37)33-13-7-14(36(38)39)9-16(8-13)40-15-4-2-3-12(6-15)22(26,27)28/h2-10H,1H3,(H,33,37). The molecule has 210 valence electrons. The summed E-state index contributed by atoms with van der Waals surface area (Å²) in [6.07, 6.45) is -10.7. The van der Waals surface area contributed by atoms with Crippen molar-refractivity contribution in [1.29, 1.82) is 0 Å². The quantitative estimate of drug-likeness (QED) is 0.156. The zero-order valence-corrected chi connectivity index (χ0v) is 19.6. The molecule has 17 heteroatoms. The minimum Gasteiger partial charge on any atom is -0.457 e. The molecule has 0 aliphatic rings. The summed E-state index contributed by atoms with van der Waals surface area (Å²) in [7, 11) is 0. The number of nitro benzene ring substituents is 1. The number of benzene rings is 2. The van der Waals surface area contributed by atoms with Gasteiger partial charge in [-0.05, 0) is 31.2 Å². The Morgan fingerprint density at radius 2 is 1.68 bits per heavy atom. The Bertz CT molecular complexity index is 1630. The van der Waals surface area contributed by atoms with Gasteiger partial charge in [-0.25, -0.2) is 9.50 Å². The summed E-state index contributed by atoms with van der Waals surface area (Å²) in [5, 5.41) is 17.0. The van der Waals surface area contributed by atoms with Crippen LogP contribution in [0.2, 0.25) is 0 Å². The maximum Gasteiger partial charge on any atom is 0.459 e. The molecule has 4 rings (SSSR count). The highest BCUT2D eigenvalue weighted by molar-refractivity contribution is 6.03. The predicted octanol–water partition coefficient (Wildman–Crippen LogP) is 6.66. The van der Waals surface area contributed by atoms with E-state index in [1.165, 1.54) is 0 Å². The first kappa shape index (κ1) is 28.2. The van der Waals surface area contributed by atoms with E-state index in [9.17, 15) is 50.0 Å². The first-order chi connectivity index (χ1) is 18.5. The number of rotatable bonds is 6. The van der Waals surface area contributed by atoms with Crippen LogP contribution in [0.5, 0.6) is 11.5 Å². The van der Waals surface area contributed by atoms with E-state index in [4.69, 9.17) is 4.74 Å². The smallest absolute Gasteiger partial charge is 0.457 e. The third kappa shape index (κ3) is 5.62. The molecule has 0 bridgehead atoms. The van der Waals surface area contributed by atoms with E-state index in [2.05, 4.69) is 15.4 Å². The largest absolute Gasteiger partial charge is 0.459 e. The molecule has 0 spiro atoms. The number of nitro groups is 1. The Kier molecular flexibility index (Phi) is 6.85. The van der Waals surface area contributed by atoms with Gasteiger partial charge in [0.05, 0.1) is 22.2 Å². The van der Waals surface area contributed by atoms with Gasteiger partial charge in [0.25, 0.3) is 11.6 Å². The summed E-state index contributed by atoms with van der Waals surface area (Å²) in [5.74, 6) is -7.24. The first-order valence-electron chi connectivity index (χ1n) is 10.7. The molecule has 0 aliphatic heterocycles. The van der Waals surface area contributed by atoms with Crippen LogP contribution in [-0.4, -0.2) is 31.6 Å². The molecule has 0 aliphatic carbocycles. The summed E-state index contributed by atoms with van der Waals surface area (Å²) in [6.45, 7) is 1.15. The highest BCUT2D eigenvalue weighted by Gasteiger charge is 2.60. The van der Waals surface area contributed by atoms with Gasteiger partial charge >= 0.3 is 18.3 Å². The number of carbonyl (C=O) groups excluding carboxylic acids is 1. The number of amides is 1. The van der Waals surface area contributed by atoms with Crippen molar-refractivity contribution in [1.82, 2.24) is 14.6 Å². The number of nitrogens with zero attached hydrogens (tertiary/aromatic N) is 4. The van der Waals surface area contributed by atoms with E-state index >= 15 is 0 Å². The topological polar surface area (TPSA) is 112 Å². The van der Waals surface area contributed by atoms with E-state index in [0.29, 0.717) is 12.1 Å². The molecular weight excluding hydrogens is 562 g/mol. The van der Waals surface area contributed by atoms with Gasteiger partial charge in [0.1, 0.15) is 17.2 Å². The third-order valence-electron chi connectivity index (χ3n) is 5.22.